The second kappa shape index (κ2) is 10.2. The number of hydrogen-bond donors (Lipinski definition) is 1. The number of carbonyl (C=O) groups excluding carboxylic acids is 2. The molecule has 1 amide bonds. The Balaban J connectivity index is 1.88. The number of methoxy groups -OCH3 is 1. The lowest BCUT2D eigenvalue weighted by Crippen LogP contribution is -2.29. The highest BCUT2D eigenvalue weighted by Gasteiger charge is 2.48. The first-order valence-electron chi connectivity index (χ1n) is 11.6. The average Bonchev–Trinajstić information content (AvgIpc) is 3.39. The SMILES string of the molecule is CCOc1ccc(C2C(=C(O)c3ccc(OC(C)C)cc3)C(=O)C(=O)N2c2cc(C)on2)cc1OC. The largest absolute Gasteiger partial charge is 0.507 e. The van der Waals surface area contributed by atoms with Crippen LogP contribution in [0.2, 0.25) is 0 Å². The Kier molecular flexibility index (Phi) is 7.00. The van der Waals surface area contributed by atoms with Crippen molar-refractivity contribution in [3.8, 4) is 17.2 Å². The fraction of sp³-hybridized carbons (Fsp3) is 0.296. The highest BCUT2D eigenvalue weighted by atomic mass is 16.5. The van der Waals surface area contributed by atoms with Gasteiger partial charge in [-0.25, -0.2) is 0 Å². The van der Waals surface area contributed by atoms with Crippen LogP contribution in [0.3, 0.4) is 0 Å². The van der Waals surface area contributed by atoms with E-state index < -0.39 is 17.7 Å². The minimum absolute atomic E-state index is 0.0182. The number of ether oxygens (including phenoxy) is 3. The molecule has 1 unspecified atom stereocenters. The molecule has 2 aromatic carbocycles. The van der Waals surface area contributed by atoms with E-state index in [0.29, 0.717) is 40.7 Å². The van der Waals surface area contributed by atoms with E-state index in [1.165, 1.54) is 12.0 Å². The van der Waals surface area contributed by atoms with E-state index >= 15 is 0 Å². The maximum Gasteiger partial charge on any atom is 0.301 e. The van der Waals surface area contributed by atoms with Gasteiger partial charge in [-0.15, -0.1) is 0 Å². The van der Waals surface area contributed by atoms with Crippen LogP contribution < -0.4 is 19.1 Å². The molecular weight excluding hydrogens is 464 g/mol. The van der Waals surface area contributed by atoms with Gasteiger partial charge in [-0.2, -0.15) is 0 Å². The fourth-order valence-corrected chi connectivity index (χ4v) is 4.10. The Morgan fingerprint density at radius 1 is 1.11 bits per heavy atom. The van der Waals surface area contributed by atoms with Crippen molar-refractivity contribution in [3.05, 3.63) is 71.0 Å². The number of aryl methyl sites for hydroxylation is 1. The molecular formula is C27H28N2O7. The lowest BCUT2D eigenvalue weighted by molar-refractivity contribution is -0.132. The lowest BCUT2D eigenvalue weighted by Gasteiger charge is -2.23. The molecule has 3 aromatic rings. The monoisotopic (exact) mass is 492 g/mol. The number of aliphatic hydroxyl groups is 1. The number of hydrogen-bond acceptors (Lipinski definition) is 8. The summed E-state index contributed by atoms with van der Waals surface area (Å²) in [5.41, 5.74) is 0.809. The summed E-state index contributed by atoms with van der Waals surface area (Å²) in [5.74, 6) is 0.196. The molecule has 1 aromatic heterocycles. The van der Waals surface area contributed by atoms with E-state index in [2.05, 4.69) is 5.16 Å². The quantitative estimate of drug-likeness (QED) is 0.271. The van der Waals surface area contributed by atoms with Crippen molar-refractivity contribution < 1.29 is 33.4 Å². The Bertz CT molecular complexity index is 1310. The van der Waals surface area contributed by atoms with Gasteiger partial charge in [0.25, 0.3) is 5.78 Å². The van der Waals surface area contributed by atoms with Crippen molar-refractivity contribution in [2.45, 2.75) is 39.8 Å². The fourth-order valence-electron chi connectivity index (χ4n) is 4.10. The average molecular weight is 493 g/mol. The molecule has 188 valence electrons. The van der Waals surface area contributed by atoms with Crippen molar-refractivity contribution in [2.75, 3.05) is 18.6 Å². The molecule has 0 saturated carbocycles. The lowest BCUT2D eigenvalue weighted by atomic mass is 9.95. The van der Waals surface area contributed by atoms with Crippen LogP contribution in [0, 0.1) is 6.92 Å². The smallest absolute Gasteiger partial charge is 0.301 e. The molecule has 4 rings (SSSR count). The van der Waals surface area contributed by atoms with Crippen LogP contribution >= 0.6 is 0 Å². The van der Waals surface area contributed by atoms with Crippen molar-refractivity contribution in [2.24, 2.45) is 0 Å². The molecule has 0 radical (unpaired) electrons. The second-order valence-corrected chi connectivity index (χ2v) is 8.50. The molecule has 2 heterocycles. The van der Waals surface area contributed by atoms with E-state index in [9.17, 15) is 14.7 Å². The van der Waals surface area contributed by atoms with Crippen molar-refractivity contribution in [3.63, 3.8) is 0 Å². The maximum atomic E-state index is 13.3. The standard InChI is InChI=1S/C27H28N2O7/c1-6-34-20-12-9-18(14-21(20)33-5)24-23(25(30)17-7-10-19(11-8-17)35-15(2)3)26(31)27(32)29(24)22-13-16(4)36-28-22/h7-15,24,30H,6H2,1-5H3. The highest BCUT2D eigenvalue weighted by Crippen LogP contribution is 2.44. The van der Waals surface area contributed by atoms with Gasteiger partial charge in [0.2, 0.25) is 0 Å². The molecule has 1 atom stereocenters. The Morgan fingerprint density at radius 3 is 2.42 bits per heavy atom. The third-order valence-corrected chi connectivity index (χ3v) is 5.61. The summed E-state index contributed by atoms with van der Waals surface area (Å²) >= 11 is 0. The molecule has 36 heavy (non-hydrogen) atoms. The van der Waals surface area contributed by atoms with Crippen LogP contribution in [0.5, 0.6) is 17.2 Å². The number of benzene rings is 2. The summed E-state index contributed by atoms with van der Waals surface area (Å²) in [7, 11) is 1.50. The molecule has 9 heteroatoms. The molecule has 0 bridgehead atoms. The number of anilines is 1. The zero-order valence-electron chi connectivity index (χ0n) is 20.8. The molecule has 0 aliphatic carbocycles. The van der Waals surface area contributed by atoms with Crippen molar-refractivity contribution in [1.82, 2.24) is 5.16 Å². The van der Waals surface area contributed by atoms with Crippen LogP contribution in [0.4, 0.5) is 5.82 Å². The van der Waals surface area contributed by atoms with Crippen LogP contribution in [0.1, 0.15) is 43.7 Å². The predicted octanol–water partition coefficient (Wildman–Crippen LogP) is 4.80. The van der Waals surface area contributed by atoms with Crippen molar-refractivity contribution >= 4 is 23.3 Å². The van der Waals surface area contributed by atoms with Crippen LogP contribution in [0.25, 0.3) is 5.76 Å². The maximum absolute atomic E-state index is 13.3. The number of Topliss-reactive ketones (excluding diaryl/α,β-unsaturated/α-hetero) is 1. The zero-order chi connectivity index (χ0) is 26.0. The highest BCUT2D eigenvalue weighted by molar-refractivity contribution is 6.51. The van der Waals surface area contributed by atoms with E-state index in [4.69, 9.17) is 18.7 Å². The Morgan fingerprint density at radius 2 is 1.83 bits per heavy atom. The van der Waals surface area contributed by atoms with Gasteiger partial charge in [0, 0.05) is 11.6 Å². The first kappa shape index (κ1) is 24.8. The van der Waals surface area contributed by atoms with Gasteiger partial charge in [0.1, 0.15) is 17.3 Å². The van der Waals surface area contributed by atoms with Gasteiger partial charge >= 0.3 is 5.91 Å². The van der Waals surface area contributed by atoms with E-state index in [0.717, 1.165) is 0 Å². The number of rotatable bonds is 8. The molecule has 9 nitrogen and oxygen atoms in total. The normalized spacial score (nSPS) is 17.1. The van der Waals surface area contributed by atoms with Gasteiger partial charge in [-0.1, -0.05) is 11.2 Å². The first-order valence-corrected chi connectivity index (χ1v) is 11.6. The van der Waals surface area contributed by atoms with Gasteiger partial charge in [-0.3, -0.25) is 14.5 Å². The number of aromatic nitrogens is 1. The summed E-state index contributed by atoms with van der Waals surface area (Å²) in [5, 5.41) is 15.2. The molecule has 1 fully saturated rings. The minimum atomic E-state index is -0.981. The third kappa shape index (κ3) is 4.64. The topological polar surface area (TPSA) is 111 Å². The van der Waals surface area contributed by atoms with Crippen LogP contribution in [-0.4, -0.2) is 41.8 Å². The number of carbonyl (C=O) groups is 2. The summed E-state index contributed by atoms with van der Waals surface area (Å²) in [4.78, 5) is 27.7. The molecule has 1 N–H and O–H groups in total. The zero-order valence-corrected chi connectivity index (χ0v) is 20.8. The van der Waals surface area contributed by atoms with Crippen molar-refractivity contribution in [1.29, 1.82) is 0 Å². The first-order chi connectivity index (χ1) is 17.2. The number of nitrogens with zero attached hydrogens (tertiary/aromatic N) is 2. The minimum Gasteiger partial charge on any atom is -0.507 e. The van der Waals surface area contributed by atoms with Gasteiger partial charge in [0.05, 0.1) is 31.4 Å². The Hall–Kier alpha value is -4.27. The molecule has 1 saturated heterocycles. The van der Waals surface area contributed by atoms with Crippen LogP contribution in [0.15, 0.2) is 58.6 Å². The predicted molar refractivity (Wildman–Crippen MR) is 132 cm³/mol. The van der Waals surface area contributed by atoms with E-state index in [1.54, 1.807) is 55.5 Å². The summed E-state index contributed by atoms with van der Waals surface area (Å²) in [6.07, 6.45) is -0.0182. The number of amides is 1. The Labute approximate surface area is 208 Å². The summed E-state index contributed by atoms with van der Waals surface area (Å²) < 4.78 is 21.9. The van der Waals surface area contributed by atoms with Gasteiger partial charge < -0.3 is 23.8 Å². The van der Waals surface area contributed by atoms with Crippen LogP contribution in [-0.2, 0) is 9.59 Å². The number of aliphatic hydroxyl groups excluding tert-OH is 1. The molecule has 0 spiro atoms. The van der Waals surface area contributed by atoms with Gasteiger partial charge in [0.15, 0.2) is 17.3 Å². The molecule has 1 aliphatic heterocycles. The number of ketones is 1. The van der Waals surface area contributed by atoms with E-state index in [1.807, 2.05) is 20.8 Å². The molecule has 1 aliphatic rings. The summed E-state index contributed by atoms with van der Waals surface area (Å²) in [6, 6.07) is 12.3. The van der Waals surface area contributed by atoms with Gasteiger partial charge in [-0.05, 0) is 69.7 Å². The summed E-state index contributed by atoms with van der Waals surface area (Å²) in [6.45, 7) is 7.79. The third-order valence-electron chi connectivity index (χ3n) is 5.61. The second-order valence-electron chi connectivity index (χ2n) is 8.50. The van der Waals surface area contributed by atoms with E-state index in [-0.39, 0.29) is 23.3 Å².